The SMILES string of the molecule is CCCCCCCCC(=O)ONC(=O)CCCCCCCCN. The molecule has 1 amide bonds. The van der Waals surface area contributed by atoms with E-state index in [1.807, 2.05) is 0 Å². The van der Waals surface area contributed by atoms with Crippen LogP contribution in [0.15, 0.2) is 0 Å². The second kappa shape index (κ2) is 17.3. The Morgan fingerprint density at radius 1 is 0.783 bits per heavy atom. The molecule has 0 rings (SSSR count). The number of unbranched alkanes of at least 4 members (excludes halogenated alkanes) is 10. The van der Waals surface area contributed by atoms with Crippen LogP contribution in [0.5, 0.6) is 0 Å². The van der Waals surface area contributed by atoms with Gasteiger partial charge in [0.25, 0.3) is 5.91 Å². The molecule has 0 saturated heterocycles. The van der Waals surface area contributed by atoms with Crippen molar-refractivity contribution in [1.29, 1.82) is 0 Å². The summed E-state index contributed by atoms with van der Waals surface area (Å²) in [4.78, 5) is 27.8. The van der Waals surface area contributed by atoms with Crippen LogP contribution in [0.1, 0.15) is 96.8 Å². The van der Waals surface area contributed by atoms with E-state index >= 15 is 0 Å². The lowest BCUT2D eigenvalue weighted by Gasteiger charge is -2.06. The highest BCUT2D eigenvalue weighted by Crippen LogP contribution is 2.08. The van der Waals surface area contributed by atoms with Crippen LogP contribution in [-0.4, -0.2) is 18.4 Å². The van der Waals surface area contributed by atoms with Gasteiger partial charge in [-0.05, 0) is 25.8 Å². The Labute approximate surface area is 141 Å². The van der Waals surface area contributed by atoms with Crippen molar-refractivity contribution in [2.75, 3.05) is 6.54 Å². The fourth-order valence-electron chi connectivity index (χ4n) is 2.40. The van der Waals surface area contributed by atoms with Crippen LogP contribution in [-0.2, 0) is 14.4 Å². The first-order valence-electron chi connectivity index (χ1n) is 9.39. The quantitative estimate of drug-likeness (QED) is 0.352. The van der Waals surface area contributed by atoms with Crippen LogP contribution in [0.4, 0.5) is 0 Å². The fraction of sp³-hybridized carbons (Fsp3) is 0.889. The van der Waals surface area contributed by atoms with Crippen LogP contribution in [0.25, 0.3) is 0 Å². The standard InChI is InChI=1S/C18H36N2O3/c1-2-3-4-5-9-12-15-18(22)23-20-17(21)14-11-8-6-7-10-13-16-19/h2-16,19H2,1H3,(H,20,21). The number of rotatable bonds is 15. The third-order valence-electron chi connectivity index (χ3n) is 3.87. The maximum atomic E-state index is 11.5. The molecular weight excluding hydrogens is 292 g/mol. The highest BCUT2D eigenvalue weighted by molar-refractivity contribution is 5.77. The molecular formula is C18H36N2O3. The molecule has 0 aromatic rings. The molecule has 0 radical (unpaired) electrons. The summed E-state index contributed by atoms with van der Waals surface area (Å²) in [6.07, 6.45) is 14.0. The number of nitrogens with two attached hydrogens (primary N) is 1. The minimum atomic E-state index is -0.337. The molecule has 0 saturated carbocycles. The molecule has 0 aliphatic carbocycles. The topological polar surface area (TPSA) is 81.4 Å². The molecule has 0 unspecified atom stereocenters. The lowest BCUT2D eigenvalue weighted by atomic mass is 10.1. The van der Waals surface area contributed by atoms with E-state index in [0.717, 1.165) is 45.1 Å². The molecule has 23 heavy (non-hydrogen) atoms. The molecule has 0 spiro atoms. The zero-order valence-corrected chi connectivity index (χ0v) is 14.9. The summed E-state index contributed by atoms with van der Waals surface area (Å²) in [5, 5.41) is 0. The summed E-state index contributed by atoms with van der Waals surface area (Å²) in [6, 6.07) is 0. The van der Waals surface area contributed by atoms with Gasteiger partial charge in [0.05, 0.1) is 0 Å². The van der Waals surface area contributed by atoms with E-state index in [1.54, 1.807) is 0 Å². The molecule has 0 aliphatic rings. The molecule has 136 valence electrons. The lowest BCUT2D eigenvalue weighted by Crippen LogP contribution is -2.26. The summed E-state index contributed by atoms with van der Waals surface area (Å²) in [5.74, 6) is -0.543. The molecule has 0 atom stereocenters. The van der Waals surface area contributed by atoms with Crippen LogP contribution in [0, 0.1) is 0 Å². The Morgan fingerprint density at radius 3 is 1.91 bits per heavy atom. The molecule has 0 aromatic carbocycles. The second-order valence-corrected chi connectivity index (χ2v) is 6.18. The predicted octanol–water partition coefficient (Wildman–Crippen LogP) is 4.00. The van der Waals surface area contributed by atoms with Gasteiger partial charge < -0.3 is 10.6 Å². The highest BCUT2D eigenvalue weighted by atomic mass is 16.7. The zero-order valence-electron chi connectivity index (χ0n) is 14.9. The van der Waals surface area contributed by atoms with Gasteiger partial charge in [-0.2, -0.15) is 5.48 Å². The first-order chi connectivity index (χ1) is 11.2. The van der Waals surface area contributed by atoms with Gasteiger partial charge in [-0.15, -0.1) is 0 Å². The highest BCUT2D eigenvalue weighted by Gasteiger charge is 2.06. The van der Waals surface area contributed by atoms with Crippen LogP contribution >= 0.6 is 0 Å². The summed E-state index contributed by atoms with van der Waals surface area (Å²) in [5.41, 5.74) is 7.68. The molecule has 0 bridgehead atoms. The van der Waals surface area contributed by atoms with E-state index in [4.69, 9.17) is 10.6 Å². The van der Waals surface area contributed by atoms with Gasteiger partial charge >= 0.3 is 5.97 Å². The van der Waals surface area contributed by atoms with Crippen molar-refractivity contribution in [2.24, 2.45) is 5.73 Å². The molecule has 5 nitrogen and oxygen atoms in total. The summed E-state index contributed by atoms with van der Waals surface area (Å²) < 4.78 is 0. The van der Waals surface area contributed by atoms with Gasteiger partial charge in [-0.1, -0.05) is 64.7 Å². The zero-order chi connectivity index (χ0) is 17.2. The minimum absolute atomic E-state index is 0.205. The summed E-state index contributed by atoms with van der Waals surface area (Å²) in [6.45, 7) is 2.94. The lowest BCUT2D eigenvalue weighted by molar-refractivity contribution is -0.158. The fourth-order valence-corrected chi connectivity index (χ4v) is 2.40. The maximum Gasteiger partial charge on any atom is 0.332 e. The normalized spacial score (nSPS) is 10.5. The smallest absolute Gasteiger partial charge is 0.332 e. The Morgan fingerprint density at radius 2 is 1.30 bits per heavy atom. The predicted molar refractivity (Wildman–Crippen MR) is 93.6 cm³/mol. The average Bonchev–Trinajstić information content (AvgIpc) is 2.55. The Balaban J connectivity index is 3.35. The number of nitrogens with one attached hydrogen (secondary N) is 1. The van der Waals surface area contributed by atoms with Crippen molar-refractivity contribution >= 4 is 11.9 Å². The number of hydroxylamine groups is 1. The number of hydrogen-bond donors (Lipinski definition) is 2. The van der Waals surface area contributed by atoms with Gasteiger partial charge in [0.1, 0.15) is 0 Å². The van der Waals surface area contributed by atoms with Crippen molar-refractivity contribution in [1.82, 2.24) is 5.48 Å². The van der Waals surface area contributed by atoms with Gasteiger partial charge in [-0.3, -0.25) is 4.79 Å². The van der Waals surface area contributed by atoms with Crippen LogP contribution in [0.3, 0.4) is 0 Å². The van der Waals surface area contributed by atoms with Crippen molar-refractivity contribution in [3.63, 3.8) is 0 Å². The van der Waals surface area contributed by atoms with Gasteiger partial charge in [0.15, 0.2) is 0 Å². The minimum Gasteiger partial charge on any atom is -0.341 e. The van der Waals surface area contributed by atoms with Crippen molar-refractivity contribution < 1.29 is 14.4 Å². The Bertz CT molecular complexity index is 296. The van der Waals surface area contributed by atoms with Gasteiger partial charge in [0.2, 0.25) is 0 Å². The number of hydrogen-bond acceptors (Lipinski definition) is 4. The van der Waals surface area contributed by atoms with Crippen molar-refractivity contribution in [3.8, 4) is 0 Å². The van der Waals surface area contributed by atoms with E-state index in [-0.39, 0.29) is 11.9 Å². The first kappa shape index (κ1) is 21.9. The average molecular weight is 328 g/mol. The Hall–Kier alpha value is -1.10. The largest absolute Gasteiger partial charge is 0.341 e. The summed E-state index contributed by atoms with van der Waals surface area (Å²) >= 11 is 0. The van der Waals surface area contributed by atoms with E-state index in [1.165, 1.54) is 38.5 Å². The van der Waals surface area contributed by atoms with E-state index in [2.05, 4.69) is 12.4 Å². The third kappa shape index (κ3) is 17.1. The molecule has 5 heteroatoms. The number of carbonyl (C=O) groups excluding carboxylic acids is 2. The van der Waals surface area contributed by atoms with Crippen molar-refractivity contribution in [3.05, 3.63) is 0 Å². The molecule has 0 fully saturated rings. The molecule has 0 aliphatic heterocycles. The van der Waals surface area contributed by atoms with Crippen molar-refractivity contribution in [2.45, 2.75) is 96.8 Å². The first-order valence-corrected chi connectivity index (χ1v) is 9.39. The molecule has 0 heterocycles. The third-order valence-corrected chi connectivity index (χ3v) is 3.87. The molecule has 0 aromatic heterocycles. The van der Waals surface area contributed by atoms with E-state index in [9.17, 15) is 9.59 Å². The van der Waals surface area contributed by atoms with Gasteiger partial charge in [0, 0.05) is 12.8 Å². The molecule has 3 N–H and O–H groups in total. The van der Waals surface area contributed by atoms with Crippen LogP contribution < -0.4 is 11.2 Å². The maximum absolute atomic E-state index is 11.5. The Kier molecular flexibility index (Phi) is 16.4. The monoisotopic (exact) mass is 328 g/mol. The number of amides is 1. The van der Waals surface area contributed by atoms with E-state index < -0.39 is 0 Å². The van der Waals surface area contributed by atoms with E-state index in [0.29, 0.717) is 12.8 Å². The van der Waals surface area contributed by atoms with Crippen LogP contribution in [0.2, 0.25) is 0 Å². The summed E-state index contributed by atoms with van der Waals surface area (Å²) in [7, 11) is 0. The van der Waals surface area contributed by atoms with Gasteiger partial charge in [-0.25, -0.2) is 4.79 Å². The second-order valence-electron chi connectivity index (χ2n) is 6.18. The number of carbonyl (C=O) groups is 2.